The van der Waals surface area contributed by atoms with Crippen LogP contribution in [0, 0.1) is 5.92 Å². The standard InChI is InChI=1S/C22H30N4O3/c1-14(2)7-6-8-15(3)24-20(27)13-26-21(28)19(25-22(26)29)11-16-12-23-18-10-5-4-9-17(16)18/h4-5,9-10,12,14-15,19,23H,6-8,11,13H2,1-3H3,(H,24,27)(H,25,29)/t15-,19-/m1/s1. The summed E-state index contributed by atoms with van der Waals surface area (Å²) in [5.74, 6) is -0.0286. The number of carbonyl (C=O) groups excluding carboxylic acids is 3. The minimum absolute atomic E-state index is 0.0176. The fourth-order valence-corrected chi connectivity index (χ4v) is 3.75. The first kappa shape index (κ1) is 20.9. The van der Waals surface area contributed by atoms with Crippen molar-refractivity contribution < 1.29 is 14.4 Å². The Bertz CT molecular complexity index is 889. The molecule has 29 heavy (non-hydrogen) atoms. The molecule has 7 heteroatoms. The van der Waals surface area contributed by atoms with Crippen LogP contribution in [0.1, 0.15) is 45.6 Å². The second-order valence-corrected chi connectivity index (χ2v) is 8.28. The quantitative estimate of drug-likeness (QED) is 0.567. The Kier molecular flexibility index (Phi) is 6.56. The van der Waals surface area contributed by atoms with E-state index in [0.717, 1.165) is 40.6 Å². The van der Waals surface area contributed by atoms with Crippen LogP contribution in [0.2, 0.25) is 0 Å². The minimum Gasteiger partial charge on any atom is -0.361 e. The predicted octanol–water partition coefficient (Wildman–Crippen LogP) is 2.96. The number of para-hydroxylation sites is 1. The smallest absolute Gasteiger partial charge is 0.325 e. The van der Waals surface area contributed by atoms with Crippen LogP contribution >= 0.6 is 0 Å². The third-order valence-electron chi connectivity index (χ3n) is 5.33. The van der Waals surface area contributed by atoms with Crippen molar-refractivity contribution in [1.82, 2.24) is 20.5 Å². The number of nitrogens with one attached hydrogen (secondary N) is 3. The maximum absolute atomic E-state index is 12.7. The van der Waals surface area contributed by atoms with Gasteiger partial charge in [0, 0.05) is 29.6 Å². The minimum atomic E-state index is -0.655. The number of benzene rings is 1. The third kappa shape index (κ3) is 5.16. The van der Waals surface area contributed by atoms with Gasteiger partial charge in [-0.2, -0.15) is 0 Å². The molecular weight excluding hydrogens is 368 g/mol. The molecule has 0 spiro atoms. The molecule has 3 N–H and O–H groups in total. The van der Waals surface area contributed by atoms with Gasteiger partial charge in [-0.15, -0.1) is 0 Å². The Morgan fingerprint density at radius 3 is 2.69 bits per heavy atom. The molecule has 3 rings (SSSR count). The van der Waals surface area contributed by atoms with Gasteiger partial charge in [0.15, 0.2) is 0 Å². The first-order valence-corrected chi connectivity index (χ1v) is 10.3. The Labute approximate surface area is 171 Å². The molecule has 0 aliphatic carbocycles. The molecule has 0 unspecified atom stereocenters. The van der Waals surface area contributed by atoms with E-state index in [4.69, 9.17) is 0 Å². The van der Waals surface area contributed by atoms with E-state index in [-0.39, 0.29) is 24.4 Å². The number of imide groups is 1. The Morgan fingerprint density at radius 2 is 1.93 bits per heavy atom. The Balaban J connectivity index is 1.54. The van der Waals surface area contributed by atoms with Gasteiger partial charge < -0.3 is 15.6 Å². The highest BCUT2D eigenvalue weighted by molar-refractivity contribution is 6.06. The van der Waals surface area contributed by atoms with Gasteiger partial charge in [-0.1, -0.05) is 44.9 Å². The van der Waals surface area contributed by atoms with Crippen LogP contribution < -0.4 is 10.6 Å². The van der Waals surface area contributed by atoms with E-state index >= 15 is 0 Å². The SMILES string of the molecule is CC(C)CCC[C@@H](C)NC(=O)CN1C(=O)N[C@H](Cc2c[nH]c3ccccc23)C1=O. The van der Waals surface area contributed by atoms with Gasteiger partial charge in [-0.3, -0.25) is 14.5 Å². The maximum Gasteiger partial charge on any atom is 0.325 e. The molecule has 1 aromatic carbocycles. The zero-order valence-electron chi connectivity index (χ0n) is 17.3. The van der Waals surface area contributed by atoms with Crippen molar-refractivity contribution >= 4 is 28.7 Å². The molecule has 1 aliphatic rings. The van der Waals surface area contributed by atoms with Crippen LogP contribution in [0.4, 0.5) is 4.79 Å². The maximum atomic E-state index is 12.7. The molecule has 7 nitrogen and oxygen atoms in total. The number of urea groups is 1. The number of aromatic nitrogens is 1. The fourth-order valence-electron chi connectivity index (χ4n) is 3.75. The van der Waals surface area contributed by atoms with Crippen LogP contribution in [0.25, 0.3) is 10.9 Å². The van der Waals surface area contributed by atoms with Crippen molar-refractivity contribution in [3.05, 3.63) is 36.0 Å². The highest BCUT2D eigenvalue weighted by atomic mass is 16.2. The van der Waals surface area contributed by atoms with E-state index in [2.05, 4.69) is 29.5 Å². The molecule has 2 heterocycles. The monoisotopic (exact) mass is 398 g/mol. The molecule has 2 atom stereocenters. The molecule has 4 amide bonds. The van der Waals surface area contributed by atoms with Crippen LogP contribution in [-0.4, -0.2) is 46.4 Å². The molecule has 2 aromatic rings. The highest BCUT2D eigenvalue weighted by Gasteiger charge is 2.39. The zero-order chi connectivity index (χ0) is 21.0. The van der Waals surface area contributed by atoms with E-state index in [9.17, 15) is 14.4 Å². The molecule has 1 fully saturated rings. The van der Waals surface area contributed by atoms with Gasteiger partial charge in [0.25, 0.3) is 5.91 Å². The van der Waals surface area contributed by atoms with E-state index in [1.165, 1.54) is 0 Å². The highest BCUT2D eigenvalue weighted by Crippen LogP contribution is 2.21. The molecule has 1 saturated heterocycles. The zero-order valence-corrected chi connectivity index (χ0v) is 17.3. The third-order valence-corrected chi connectivity index (χ3v) is 5.33. The molecule has 0 saturated carbocycles. The summed E-state index contributed by atoms with van der Waals surface area (Å²) in [6.07, 6.45) is 5.28. The summed E-state index contributed by atoms with van der Waals surface area (Å²) in [4.78, 5) is 41.5. The summed E-state index contributed by atoms with van der Waals surface area (Å²) in [6.45, 7) is 6.05. The molecule has 0 radical (unpaired) electrons. The summed E-state index contributed by atoms with van der Waals surface area (Å²) in [7, 11) is 0. The normalized spacial score (nSPS) is 17.8. The number of nitrogens with zero attached hydrogens (tertiary/aromatic N) is 1. The number of rotatable bonds is 9. The number of H-pyrrole nitrogens is 1. The van der Waals surface area contributed by atoms with E-state index in [1.54, 1.807) is 0 Å². The average Bonchev–Trinajstić information content (AvgIpc) is 3.18. The number of fused-ring (bicyclic) bond motifs is 1. The van der Waals surface area contributed by atoms with Crippen molar-refractivity contribution in [2.75, 3.05) is 6.54 Å². The van der Waals surface area contributed by atoms with Crippen molar-refractivity contribution in [3.8, 4) is 0 Å². The lowest BCUT2D eigenvalue weighted by atomic mass is 10.0. The molecular formula is C22H30N4O3. The van der Waals surface area contributed by atoms with Gasteiger partial charge in [0.2, 0.25) is 5.91 Å². The predicted molar refractivity (Wildman–Crippen MR) is 112 cm³/mol. The second-order valence-electron chi connectivity index (χ2n) is 8.28. The summed E-state index contributed by atoms with van der Waals surface area (Å²) in [6, 6.07) is 6.67. The van der Waals surface area contributed by atoms with Crippen molar-refractivity contribution in [3.63, 3.8) is 0 Å². The Hall–Kier alpha value is -2.83. The van der Waals surface area contributed by atoms with E-state index in [0.29, 0.717) is 12.3 Å². The van der Waals surface area contributed by atoms with Crippen LogP contribution in [-0.2, 0) is 16.0 Å². The van der Waals surface area contributed by atoms with Crippen LogP contribution in [0.5, 0.6) is 0 Å². The molecule has 1 aliphatic heterocycles. The van der Waals surface area contributed by atoms with Crippen molar-refractivity contribution in [2.45, 2.75) is 58.5 Å². The number of amides is 4. The lowest BCUT2D eigenvalue weighted by Gasteiger charge is -2.17. The fraction of sp³-hybridized carbons (Fsp3) is 0.500. The molecule has 0 bridgehead atoms. The number of hydrogen-bond acceptors (Lipinski definition) is 3. The van der Waals surface area contributed by atoms with Gasteiger partial charge in [0.05, 0.1) is 0 Å². The van der Waals surface area contributed by atoms with Crippen molar-refractivity contribution in [2.24, 2.45) is 5.92 Å². The van der Waals surface area contributed by atoms with E-state index < -0.39 is 12.1 Å². The second kappa shape index (κ2) is 9.11. The number of hydrogen-bond donors (Lipinski definition) is 3. The average molecular weight is 399 g/mol. The summed E-state index contributed by atoms with van der Waals surface area (Å²) < 4.78 is 0. The lowest BCUT2D eigenvalue weighted by molar-refractivity contribution is -0.132. The van der Waals surface area contributed by atoms with Crippen molar-refractivity contribution in [1.29, 1.82) is 0 Å². The lowest BCUT2D eigenvalue weighted by Crippen LogP contribution is -2.43. The summed E-state index contributed by atoms with van der Waals surface area (Å²) in [5.41, 5.74) is 1.95. The first-order chi connectivity index (χ1) is 13.8. The number of carbonyl (C=O) groups is 3. The summed E-state index contributed by atoms with van der Waals surface area (Å²) in [5, 5.41) is 6.62. The van der Waals surface area contributed by atoms with Crippen LogP contribution in [0.3, 0.4) is 0 Å². The van der Waals surface area contributed by atoms with Gasteiger partial charge in [-0.25, -0.2) is 4.79 Å². The summed E-state index contributed by atoms with van der Waals surface area (Å²) >= 11 is 0. The molecule has 1 aromatic heterocycles. The largest absolute Gasteiger partial charge is 0.361 e. The molecule has 156 valence electrons. The first-order valence-electron chi connectivity index (χ1n) is 10.3. The van der Waals surface area contributed by atoms with Crippen LogP contribution in [0.15, 0.2) is 30.5 Å². The van der Waals surface area contributed by atoms with Gasteiger partial charge in [-0.05, 0) is 30.9 Å². The van der Waals surface area contributed by atoms with E-state index in [1.807, 2.05) is 37.4 Å². The number of aromatic amines is 1. The topological polar surface area (TPSA) is 94.3 Å². The van der Waals surface area contributed by atoms with Gasteiger partial charge >= 0.3 is 6.03 Å². The van der Waals surface area contributed by atoms with Gasteiger partial charge in [0.1, 0.15) is 12.6 Å². The Morgan fingerprint density at radius 1 is 1.17 bits per heavy atom.